The minimum Gasteiger partial charge on any atom is -0.481 e. The lowest BCUT2D eigenvalue weighted by atomic mass is 9.53. The second-order valence-electron chi connectivity index (χ2n) is 10.7. The molecular formula is C29H39FN2O4. The molecule has 36 heavy (non-hydrogen) atoms. The predicted octanol–water partition coefficient (Wildman–Crippen LogP) is 6.04. The van der Waals surface area contributed by atoms with Gasteiger partial charge in [-0.15, -0.1) is 0 Å². The lowest BCUT2D eigenvalue weighted by molar-refractivity contribution is -0.162. The molecule has 3 rings (SSSR count). The Morgan fingerprint density at radius 1 is 1.06 bits per heavy atom. The quantitative estimate of drug-likeness (QED) is 0.465. The van der Waals surface area contributed by atoms with Crippen LogP contribution in [-0.4, -0.2) is 46.8 Å². The van der Waals surface area contributed by atoms with Crippen molar-refractivity contribution >= 4 is 17.7 Å². The number of carboxylic acid groups (broad SMARTS) is 1. The molecule has 2 atom stereocenters. The Kier molecular flexibility index (Phi) is 8.77. The Morgan fingerprint density at radius 3 is 2.22 bits per heavy atom. The van der Waals surface area contributed by atoms with Gasteiger partial charge in [-0.05, 0) is 60.6 Å². The maximum Gasteiger partial charge on any atom is 0.324 e. The van der Waals surface area contributed by atoms with Crippen molar-refractivity contribution in [1.29, 1.82) is 0 Å². The zero-order valence-corrected chi connectivity index (χ0v) is 21.8. The predicted molar refractivity (Wildman–Crippen MR) is 139 cm³/mol. The standard InChI is InChI=1S/C29H39FN2O4/c1-5-31(18-19-33)27(36)32(24-15-13-23(30)14-16-24)20-21-9-11-22(12-10-21)25-8-6-7-17-29(25,26(34)35)28(2,3)4/h9-16,25,33H,5-8,17-20H2,1-4H3,(H,34,35)/t25-,29+/m1/s1. The zero-order chi connectivity index (χ0) is 26.5. The van der Waals surface area contributed by atoms with Crippen LogP contribution < -0.4 is 4.90 Å². The summed E-state index contributed by atoms with van der Waals surface area (Å²) in [6.45, 7) is 8.66. The van der Waals surface area contributed by atoms with Crippen molar-refractivity contribution in [2.45, 2.75) is 65.8 Å². The average Bonchev–Trinajstić information content (AvgIpc) is 2.85. The molecule has 0 saturated heterocycles. The molecule has 2 amide bonds. The van der Waals surface area contributed by atoms with E-state index in [0.717, 1.165) is 30.4 Å². The Bertz CT molecular complexity index is 1030. The van der Waals surface area contributed by atoms with Crippen LogP contribution in [0.5, 0.6) is 0 Å². The molecule has 0 spiro atoms. The topological polar surface area (TPSA) is 81.1 Å². The monoisotopic (exact) mass is 498 g/mol. The molecule has 2 aromatic carbocycles. The number of aliphatic hydroxyl groups is 1. The van der Waals surface area contributed by atoms with Gasteiger partial charge >= 0.3 is 12.0 Å². The van der Waals surface area contributed by atoms with E-state index in [1.165, 1.54) is 12.1 Å². The third kappa shape index (κ3) is 5.56. The van der Waals surface area contributed by atoms with E-state index < -0.39 is 16.8 Å². The molecule has 1 saturated carbocycles. The molecule has 1 aliphatic rings. The second-order valence-corrected chi connectivity index (χ2v) is 10.7. The van der Waals surface area contributed by atoms with Crippen molar-refractivity contribution in [3.05, 3.63) is 65.5 Å². The van der Waals surface area contributed by atoms with Gasteiger partial charge in [-0.2, -0.15) is 0 Å². The third-order valence-electron chi connectivity index (χ3n) is 7.74. The lowest BCUT2D eigenvalue weighted by Crippen LogP contribution is -2.49. The van der Waals surface area contributed by atoms with Gasteiger partial charge in [0.05, 0.1) is 18.6 Å². The van der Waals surface area contributed by atoms with Gasteiger partial charge in [0.1, 0.15) is 5.82 Å². The molecule has 0 heterocycles. The Hall–Kier alpha value is -2.93. The smallest absolute Gasteiger partial charge is 0.324 e. The first-order chi connectivity index (χ1) is 17.0. The number of nitrogens with zero attached hydrogens (tertiary/aromatic N) is 2. The summed E-state index contributed by atoms with van der Waals surface area (Å²) in [5.41, 5.74) is 1.21. The first-order valence-corrected chi connectivity index (χ1v) is 12.8. The third-order valence-corrected chi connectivity index (χ3v) is 7.74. The highest BCUT2D eigenvalue weighted by Gasteiger charge is 2.55. The number of rotatable bonds is 8. The minimum atomic E-state index is -0.838. The number of aliphatic hydroxyl groups excluding tert-OH is 1. The number of hydrogen-bond acceptors (Lipinski definition) is 3. The van der Waals surface area contributed by atoms with Crippen LogP contribution >= 0.6 is 0 Å². The number of carbonyl (C=O) groups excluding carboxylic acids is 1. The molecule has 0 aliphatic heterocycles. The average molecular weight is 499 g/mol. The number of aliphatic carboxylic acids is 1. The summed E-state index contributed by atoms with van der Waals surface area (Å²) < 4.78 is 13.6. The summed E-state index contributed by atoms with van der Waals surface area (Å²) in [6, 6.07) is 13.4. The number of carboxylic acids is 1. The molecular weight excluding hydrogens is 459 g/mol. The fourth-order valence-electron chi connectivity index (χ4n) is 5.71. The number of anilines is 1. The number of likely N-dealkylation sites (N-methyl/N-ethyl adjacent to an activating group) is 1. The number of hydrogen-bond donors (Lipinski definition) is 2. The number of carbonyl (C=O) groups is 2. The van der Waals surface area contributed by atoms with Crippen molar-refractivity contribution in [2.75, 3.05) is 24.6 Å². The summed E-state index contributed by atoms with van der Waals surface area (Å²) in [4.78, 5) is 29.1. The van der Waals surface area contributed by atoms with Crippen LogP contribution in [0.3, 0.4) is 0 Å². The Labute approximate surface area is 213 Å². The van der Waals surface area contributed by atoms with E-state index in [0.29, 0.717) is 18.7 Å². The normalized spacial score (nSPS) is 20.1. The molecule has 196 valence electrons. The fraction of sp³-hybridized carbons (Fsp3) is 0.517. The van der Waals surface area contributed by atoms with Crippen molar-refractivity contribution in [2.24, 2.45) is 10.8 Å². The van der Waals surface area contributed by atoms with Gasteiger partial charge in [0.15, 0.2) is 0 Å². The van der Waals surface area contributed by atoms with E-state index in [4.69, 9.17) is 0 Å². The largest absolute Gasteiger partial charge is 0.481 e. The Morgan fingerprint density at radius 2 is 1.69 bits per heavy atom. The lowest BCUT2D eigenvalue weighted by Gasteiger charge is -2.49. The van der Waals surface area contributed by atoms with Crippen LogP contribution in [0.4, 0.5) is 14.9 Å². The highest BCUT2D eigenvalue weighted by atomic mass is 19.1. The summed E-state index contributed by atoms with van der Waals surface area (Å²) in [5.74, 6) is -1.21. The van der Waals surface area contributed by atoms with E-state index in [-0.39, 0.29) is 37.5 Å². The summed E-state index contributed by atoms with van der Waals surface area (Å²) in [6.07, 6.45) is 3.40. The van der Waals surface area contributed by atoms with Gasteiger partial charge in [-0.1, -0.05) is 57.9 Å². The van der Waals surface area contributed by atoms with E-state index in [1.807, 2.05) is 52.0 Å². The maximum absolute atomic E-state index is 13.6. The first-order valence-electron chi connectivity index (χ1n) is 12.8. The molecule has 2 aromatic rings. The molecule has 7 heteroatoms. The highest BCUT2D eigenvalue weighted by Crippen LogP contribution is 2.57. The first kappa shape index (κ1) is 27.7. The molecule has 2 N–H and O–H groups in total. The van der Waals surface area contributed by atoms with Crippen LogP contribution in [0, 0.1) is 16.6 Å². The van der Waals surface area contributed by atoms with Crippen LogP contribution in [0.1, 0.15) is 70.4 Å². The van der Waals surface area contributed by atoms with E-state index in [2.05, 4.69) is 0 Å². The van der Waals surface area contributed by atoms with Gasteiger partial charge in [-0.25, -0.2) is 9.18 Å². The molecule has 6 nitrogen and oxygen atoms in total. The molecule has 0 aromatic heterocycles. The van der Waals surface area contributed by atoms with E-state index in [9.17, 15) is 24.2 Å². The molecule has 0 radical (unpaired) electrons. The fourth-order valence-corrected chi connectivity index (χ4v) is 5.71. The van der Waals surface area contributed by atoms with Crippen molar-refractivity contribution < 1.29 is 24.2 Å². The van der Waals surface area contributed by atoms with Crippen LogP contribution in [-0.2, 0) is 11.3 Å². The van der Waals surface area contributed by atoms with Crippen LogP contribution in [0.15, 0.2) is 48.5 Å². The maximum atomic E-state index is 13.6. The van der Waals surface area contributed by atoms with Crippen molar-refractivity contribution in [3.63, 3.8) is 0 Å². The second kappa shape index (κ2) is 11.4. The summed E-state index contributed by atoms with van der Waals surface area (Å²) >= 11 is 0. The van der Waals surface area contributed by atoms with Crippen molar-refractivity contribution in [1.82, 2.24) is 4.90 Å². The molecule has 0 bridgehead atoms. The Balaban J connectivity index is 1.92. The minimum absolute atomic E-state index is 0.0900. The molecule has 1 aliphatic carbocycles. The SMILES string of the molecule is CCN(CCO)C(=O)N(Cc1ccc([C@H]2CCCC[C@]2(C(=O)O)C(C)(C)C)cc1)c1ccc(F)cc1. The number of benzene rings is 2. The molecule has 0 unspecified atom stereocenters. The van der Waals surface area contributed by atoms with E-state index in [1.54, 1.807) is 21.9 Å². The van der Waals surface area contributed by atoms with E-state index >= 15 is 0 Å². The van der Waals surface area contributed by atoms with Crippen LogP contribution in [0.2, 0.25) is 0 Å². The number of amides is 2. The van der Waals surface area contributed by atoms with Gasteiger partial charge in [0, 0.05) is 24.7 Å². The van der Waals surface area contributed by atoms with Gasteiger partial charge in [0.2, 0.25) is 0 Å². The van der Waals surface area contributed by atoms with Gasteiger partial charge in [-0.3, -0.25) is 9.69 Å². The van der Waals surface area contributed by atoms with Gasteiger partial charge < -0.3 is 15.1 Å². The highest BCUT2D eigenvalue weighted by molar-refractivity contribution is 5.92. The zero-order valence-electron chi connectivity index (χ0n) is 21.8. The molecule has 1 fully saturated rings. The van der Waals surface area contributed by atoms with Gasteiger partial charge in [0.25, 0.3) is 0 Å². The number of halogens is 1. The van der Waals surface area contributed by atoms with Crippen LogP contribution in [0.25, 0.3) is 0 Å². The summed E-state index contributed by atoms with van der Waals surface area (Å²) in [5, 5.41) is 19.7. The number of urea groups is 1. The summed E-state index contributed by atoms with van der Waals surface area (Å²) in [7, 11) is 0. The van der Waals surface area contributed by atoms with Crippen molar-refractivity contribution in [3.8, 4) is 0 Å².